The molecule has 6 heteroatoms. The molecule has 0 radical (unpaired) electrons. The first-order valence-electron chi connectivity index (χ1n) is 6.02. The molecule has 1 aromatic carbocycles. The first-order valence-corrected chi connectivity index (χ1v) is 6.02. The van der Waals surface area contributed by atoms with Crippen molar-refractivity contribution in [3.05, 3.63) is 29.8 Å². The third-order valence-electron chi connectivity index (χ3n) is 2.62. The lowest BCUT2D eigenvalue weighted by Crippen LogP contribution is -2.41. The van der Waals surface area contributed by atoms with E-state index in [1.54, 1.807) is 12.1 Å². The molecule has 6 nitrogen and oxygen atoms in total. The number of nitrogens with one attached hydrogen (secondary N) is 2. The summed E-state index contributed by atoms with van der Waals surface area (Å²) < 4.78 is 0. The molecule has 0 bridgehead atoms. The van der Waals surface area contributed by atoms with Crippen molar-refractivity contribution >= 4 is 17.6 Å². The van der Waals surface area contributed by atoms with Crippen LogP contribution in [0.2, 0.25) is 0 Å². The Morgan fingerprint density at radius 1 is 1.26 bits per heavy atom. The maximum Gasteiger partial charge on any atom is 0.319 e. The van der Waals surface area contributed by atoms with Gasteiger partial charge in [0.15, 0.2) is 0 Å². The number of benzene rings is 1. The van der Waals surface area contributed by atoms with Crippen LogP contribution in [0.3, 0.4) is 0 Å². The van der Waals surface area contributed by atoms with E-state index in [2.05, 4.69) is 24.5 Å². The Labute approximate surface area is 112 Å². The van der Waals surface area contributed by atoms with Crippen LogP contribution < -0.4 is 16.4 Å². The SMILES string of the molecule is CC(C)c1ccc(NC(=O)NC[C@H](O)C(N)=O)cc1. The molecular formula is C13H19N3O3. The van der Waals surface area contributed by atoms with Gasteiger partial charge >= 0.3 is 6.03 Å². The first-order chi connectivity index (χ1) is 8.90. The maximum atomic E-state index is 11.5. The molecule has 1 rings (SSSR count). The number of primary amides is 1. The number of hydrogen-bond acceptors (Lipinski definition) is 3. The Morgan fingerprint density at radius 2 is 1.84 bits per heavy atom. The lowest BCUT2D eigenvalue weighted by Gasteiger charge is -2.11. The summed E-state index contributed by atoms with van der Waals surface area (Å²) in [6.45, 7) is 3.95. The molecule has 104 valence electrons. The summed E-state index contributed by atoms with van der Waals surface area (Å²) in [5, 5.41) is 14.1. The lowest BCUT2D eigenvalue weighted by molar-refractivity contribution is -0.125. The predicted molar refractivity (Wildman–Crippen MR) is 72.8 cm³/mol. The number of nitrogens with two attached hydrogens (primary N) is 1. The molecule has 3 amide bonds. The molecule has 19 heavy (non-hydrogen) atoms. The number of anilines is 1. The van der Waals surface area contributed by atoms with Gasteiger partial charge in [0.2, 0.25) is 5.91 Å². The van der Waals surface area contributed by atoms with Gasteiger partial charge in [-0.3, -0.25) is 4.79 Å². The highest BCUT2D eigenvalue weighted by Crippen LogP contribution is 2.16. The van der Waals surface area contributed by atoms with Crippen LogP contribution in [-0.4, -0.2) is 29.7 Å². The molecule has 1 atom stereocenters. The van der Waals surface area contributed by atoms with Gasteiger partial charge in [0.05, 0.1) is 6.54 Å². The summed E-state index contributed by atoms with van der Waals surface area (Å²) in [5.41, 5.74) is 6.67. The van der Waals surface area contributed by atoms with Crippen LogP contribution in [0.5, 0.6) is 0 Å². The van der Waals surface area contributed by atoms with Crippen molar-refractivity contribution in [3.63, 3.8) is 0 Å². The topological polar surface area (TPSA) is 104 Å². The van der Waals surface area contributed by atoms with Gasteiger partial charge in [-0.2, -0.15) is 0 Å². The van der Waals surface area contributed by atoms with Crippen molar-refractivity contribution in [1.29, 1.82) is 0 Å². The number of aliphatic hydroxyl groups is 1. The van der Waals surface area contributed by atoms with Crippen LogP contribution >= 0.6 is 0 Å². The van der Waals surface area contributed by atoms with Crippen LogP contribution in [0.15, 0.2) is 24.3 Å². The molecule has 0 aliphatic rings. The van der Waals surface area contributed by atoms with Gasteiger partial charge in [-0.15, -0.1) is 0 Å². The molecular weight excluding hydrogens is 246 g/mol. The average Bonchev–Trinajstić information content (AvgIpc) is 2.36. The van der Waals surface area contributed by atoms with Crippen molar-refractivity contribution in [2.24, 2.45) is 5.73 Å². The average molecular weight is 265 g/mol. The summed E-state index contributed by atoms with van der Waals surface area (Å²) in [6.07, 6.45) is -1.38. The van der Waals surface area contributed by atoms with Crippen molar-refractivity contribution < 1.29 is 14.7 Å². The van der Waals surface area contributed by atoms with Crippen LogP contribution in [0.25, 0.3) is 0 Å². The Bertz CT molecular complexity index is 443. The van der Waals surface area contributed by atoms with Crippen molar-refractivity contribution in [3.8, 4) is 0 Å². The molecule has 0 spiro atoms. The molecule has 0 aromatic heterocycles. The summed E-state index contributed by atoms with van der Waals surface area (Å²) in [7, 11) is 0. The zero-order chi connectivity index (χ0) is 14.4. The Kier molecular flexibility index (Phi) is 5.32. The minimum Gasteiger partial charge on any atom is -0.381 e. The van der Waals surface area contributed by atoms with Gasteiger partial charge in [-0.1, -0.05) is 26.0 Å². The smallest absolute Gasteiger partial charge is 0.319 e. The van der Waals surface area contributed by atoms with Gasteiger partial charge < -0.3 is 21.5 Å². The van der Waals surface area contributed by atoms with Crippen molar-refractivity contribution in [1.82, 2.24) is 5.32 Å². The molecule has 0 saturated heterocycles. The van der Waals surface area contributed by atoms with Crippen LogP contribution in [0.1, 0.15) is 25.3 Å². The van der Waals surface area contributed by atoms with Crippen LogP contribution in [0.4, 0.5) is 10.5 Å². The van der Waals surface area contributed by atoms with E-state index in [-0.39, 0.29) is 6.54 Å². The van der Waals surface area contributed by atoms with Crippen LogP contribution in [-0.2, 0) is 4.79 Å². The fraction of sp³-hybridized carbons (Fsp3) is 0.385. The Morgan fingerprint density at radius 3 is 2.32 bits per heavy atom. The molecule has 0 aliphatic carbocycles. The highest BCUT2D eigenvalue weighted by atomic mass is 16.3. The quantitative estimate of drug-likeness (QED) is 0.632. The summed E-state index contributed by atoms with van der Waals surface area (Å²) in [4.78, 5) is 22.0. The van der Waals surface area contributed by atoms with E-state index < -0.39 is 18.0 Å². The van der Waals surface area contributed by atoms with E-state index in [1.807, 2.05) is 12.1 Å². The number of hydrogen-bond donors (Lipinski definition) is 4. The summed E-state index contributed by atoms with van der Waals surface area (Å²) in [6, 6.07) is 6.94. The minimum atomic E-state index is -1.38. The highest BCUT2D eigenvalue weighted by Gasteiger charge is 2.12. The first kappa shape index (κ1) is 15.0. The predicted octanol–water partition coefficient (Wildman–Crippen LogP) is 0.778. The van der Waals surface area contributed by atoms with E-state index in [1.165, 1.54) is 5.56 Å². The number of rotatable bonds is 5. The monoisotopic (exact) mass is 265 g/mol. The van der Waals surface area contributed by atoms with Gasteiger partial charge in [-0.05, 0) is 23.6 Å². The molecule has 0 unspecified atom stereocenters. The third kappa shape index (κ3) is 4.97. The lowest BCUT2D eigenvalue weighted by atomic mass is 10.0. The third-order valence-corrected chi connectivity index (χ3v) is 2.62. The fourth-order valence-electron chi connectivity index (χ4n) is 1.42. The Balaban J connectivity index is 2.46. The van der Waals surface area contributed by atoms with E-state index in [4.69, 9.17) is 10.8 Å². The van der Waals surface area contributed by atoms with E-state index in [0.29, 0.717) is 11.6 Å². The molecule has 0 saturated carbocycles. The second-order valence-corrected chi connectivity index (χ2v) is 4.53. The van der Waals surface area contributed by atoms with E-state index >= 15 is 0 Å². The van der Waals surface area contributed by atoms with E-state index in [9.17, 15) is 9.59 Å². The Hall–Kier alpha value is -2.08. The molecule has 0 heterocycles. The minimum absolute atomic E-state index is 0.217. The molecule has 0 aliphatic heterocycles. The number of carbonyl (C=O) groups is 2. The number of aliphatic hydroxyl groups excluding tert-OH is 1. The zero-order valence-electron chi connectivity index (χ0n) is 11.0. The van der Waals surface area contributed by atoms with Gasteiger partial charge in [0.1, 0.15) is 6.10 Å². The number of amides is 3. The van der Waals surface area contributed by atoms with Gasteiger partial charge in [-0.25, -0.2) is 4.79 Å². The maximum absolute atomic E-state index is 11.5. The number of urea groups is 1. The van der Waals surface area contributed by atoms with Gasteiger partial charge in [0, 0.05) is 5.69 Å². The second-order valence-electron chi connectivity index (χ2n) is 4.53. The second kappa shape index (κ2) is 6.75. The highest BCUT2D eigenvalue weighted by molar-refractivity contribution is 5.89. The van der Waals surface area contributed by atoms with E-state index in [0.717, 1.165) is 0 Å². The zero-order valence-corrected chi connectivity index (χ0v) is 11.0. The molecule has 1 aromatic rings. The van der Waals surface area contributed by atoms with Crippen molar-refractivity contribution in [2.45, 2.75) is 25.9 Å². The van der Waals surface area contributed by atoms with Crippen molar-refractivity contribution in [2.75, 3.05) is 11.9 Å². The van der Waals surface area contributed by atoms with Crippen LogP contribution in [0, 0.1) is 0 Å². The molecule has 5 N–H and O–H groups in total. The normalized spacial score (nSPS) is 12.0. The number of carbonyl (C=O) groups excluding carboxylic acids is 2. The summed E-state index contributed by atoms with van der Waals surface area (Å²) in [5.74, 6) is -0.449. The summed E-state index contributed by atoms with van der Waals surface area (Å²) >= 11 is 0. The fourth-order valence-corrected chi connectivity index (χ4v) is 1.42. The standard InChI is InChI=1S/C13H19N3O3/c1-8(2)9-3-5-10(6-4-9)16-13(19)15-7-11(17)12(14)18/h3-6,8,11,17H,7H2,1-2H3,(H2,14,18)(H2,15,16,19)/t11-/m0/s1. The molecule has 0 fully saturated rings. The van der Waals surface area contributed by atoms with Gasteiger partial charge in [0.25, 0.3) is 0 Å². The largest absolute Gasteiger partial charge is 0.381 e.